The second-order valence-corrected chi connectivity index (χ2v) is 16.0. The average Bonchev–Trinajstić information content (AvgIpc) is 3.25. The molecule has 1 unspecified atom stereocenters. The second-order valence-electron chi connectivity index (χ2n) is 16.0. The molecule has 0 aromatic rings. The van der Waals surface area contributed by atoms with E-state index in [0.717, 1.165) is 103 Å². The topological polar surface area (TPSA) is 61.8 Å². The fourth-order valence-electron chi connectivity index (χ4n) is 6.44. The Morgan fingerprint density at radius 2 is 0.750 bits per heavy atom. The molecule has 60 heavy (non-hydrogen) atoms. The Hall–Kier alpha value is -3.18. The van der Waals surface area contributed by atoms with E-state index in [1.165, 1.54) is 77.0 Å². The van der Waals surface area contributed by atoms with Gasteiger partial charge in [-0.3, -0.25) is 9.59 Å². The SMILES string of the molecule is CC/C=C\C/C=C\C/C=C\C/C=C\C/C=C\C/C=C\CCCOCC(COC(=O)CCCCCCC/C=C\C/C=C\CCCCC)OC(=O)CCCCCCCCCCC. The molecule has 0 radical (unpaired) electrons. The summed E-state index contributed by atoms with van der Waals surface area (Å²) in [5.74, 6) is -0.451. The van der Waals surface area contributed by atoms with E-state index in [4.69, 9.17) is 14.2 Å². The van der Waals surface area contributed by atoms with E-state index in [9.17, 15) is 9.59 Å². The third-order valence-corrected chi connectivity index (χ3v) is 10.1. The van der Waals surface area contributed by atoms with Crippen molar-refractivity contribution in [3.63, 3.8) is 0 Å². The molecule has 0 aliphatic heterocycles. The largest absolute Gasteiger partial charge is 0.462 e. The molecule has 0 bridgehead atoms. The van der Waals surface area contributed by atoms with E-state index in [0.29, 0.717) is 19.4 Å². The van der Waals surface area contributed by atoms with E-state index >= 15 is 0 Å². The van der Waals surface area contributed by atoms with Gasteiger partial charge in [0.15, 0.2) is 6.10 Å². The highest BCUT2D eigenvalue weighted by Gasteiger charge is 2.17. The molecule has 0 aromatic heterocycles. The Kier molecular flexibility index (Phi) is 47.5. The fourth-order valence-corrected chi connectivity index (χ4v) is 6.44. The monoisotopic (exact) mass is 833 g/mol. The van der Waals surface area contributed by atoms with E-state index in [2.05, 4.69) is 118 Å². The highest BCUT2D eigenvalue weighted by molar-refractivity contribution is 5.70. The van der Waals surface area contributed by atoms with Crippen LogP contribution in [-0.4, -0.2) is 37.9 Å². The predicted octanol–water partition coefficient (Wildman–Crippen LogP) is 16.7. The summed E-state index contributed by atoms with van der Waals surface area (Å²) in [6.45, 7) is 7.50. The zero-order valence-corrected chi connectivity index (χ0v) is 39.2. The standard InChI is InChI=1S/C55H92O5/c1-4-7-10-13-16-19-21-23-25-26-27-28-29-31-33-35-38-41-44-47-50-58-51-53(60-55(57)49-46-43-40-36-18-15-12-9-6-3)52-59-54(56)48-45-42-39-37-34-32-30-24-22-20-17-14-11-8-5-2/h7,10,16-17,19-20,23-25,27-28,30-31,33,38,41,53H,4-6,8-9,11-15,18,21-22,26,29,32,34-37,39-40,42-52H2,1-3H3/b10-7-,19-16-,20-17-,25-23-,28-27-,30-24-,33-31-,41-38-. The highest BCUT2D eigenvalue weighted by atomic mass is 16.6. The molecule has 342 valence electrons. The molecular formula is C55H92O5. The third-order valence-electron chi connectivity index (χ3n) is 10.1. The highest BCUT2D eigenvalue weighted by Crippen LogP contribution is 2.13. The van der Waals surface area contributed by atoms with Crippen LogP contribution in [0.2, 0.25) is 0 Å². The number of esters is 2. The summed E-state index contributed by atoms with van der Waals surface area (Å²) < 4.78 is 17.3. The fraction of sp³-hybridized carbons (Fsp3) is 0.673. The average molecular weight is 833 g/mol. The number of carbonyl (C=O) groups is 2. The van der Waals surface area contributed by atoms with Crippen LogP contribution in [0.4, 0.5) is 0 Å². The van der Waals surface area contributed by atoms with Crippen LogP contribution in [0.3, 0.4) is 0 Å². The van der Waals surface area contributed by atoms with Gasteiger partial charge in [0.2, 0.25) is 0 Å². The normalized spacial score (nSPS) is 13.1. The minimum atomic E-state index is -0.574. The van der Waals surface area contributed by atoms with Crippen LogP contribution < -0.4 is 0 Å². The molecule has 0 aliphatic rings. The van der Waals surface area contributed by atoms with Crippen molar-refractivity contribution in [2.24, 2.45) is 0 Å². The molecule has 0 heterocycles. The number of rotatable bonds is 44. The molecule has 0 aromatic carbocycles. The van der Waals surface area contributed by atoms with Crippen LogP contribution in [0.1, 0.15) is 213 Å². The summed E-state index contributed by atoms with van der Waals surface area (Å²) in [4.78, 5) is 25.3. The lowest BCUT2D eigenvalue weighted by Crippen LogP contribution is -2.30. The van der Waals surface area contributed by atoms with Crippen LogP contribution >= 0.6 is 0 Å². The Morgan fingerprint density at radius 3 is 1.23 bits per heavy atom. The van der Waals surface area contributed by atoms with Gasteiger partial charge in [-0.1, -0.05) is 201 Å². The first-order valence-corrected chi connectivity index (χ1v) is 24.8. The number of unbranched alkanes of at least 4 members (excludes halogenated alkanes) is 17. The van der Waals surface area contributed by atoms with Gasteiger partial charge in [-0.15, -0.1) is 0 Å². The van der Waals surface area contributed by atoms with Gasteiger partial charge in [0, 0.05) is 19.4 Å². The molecule has 0 saturated carbocycles. The van der Waals surface area contributed by atoms with Gasteiger partial charge in [0.25, 0.3) is 0 Å². The molecule has 0 aliphatic carbocycles. The van der Waals surface area contributed by atoms with Crippen molar-refractivity contribution in [1.82, 2.24) is 0 Å². The molecule has 0 spiro atoms. The second kappa shape index (κ2) is 50.2. The first-order chi connectivity index (χ1) is 29.6. The van der Waals surface area contributed by atoms with Gasteiger partial charge in [-0.25, -0.2) is 0 Å². The van der Waals surface area contributed by atoms with Crippen molar-refractivity contribution < 1.29 is 23.8 Å². The molecule has 0 fully saturated rings. The molecule has 0 amide bonds. The van der Waals surface area contributed by atoms with E-state index < -0.39 is 6.10 Å². The first-order valence-electron chi connectivity index (χ1n) is 24.8. The molecular weight excluding hydrogens is 741 g/mol. The van der Waals surface area contributed by atoms with E-state index in [1.54, 1.807) is 0 Å². The molecule has 5 nitrogen and oxygen atoms in total. The van der Waals surface area contributed by atoms with Crippen molar-refractivity contribution in [3.8, 4) is 0 Å². The summed E-state index contributed by atoms with van der Waals surface area (Å²) in [5.41, 5.74) is 0. The summed E-state index contributed by atoms with van der Waals surface area (Å²) in [6.07, 6.45) is 67.1. The Labute approximate surface area is 371 Å². The van der Waals surface area contributed by atoms with E-state index in [-0.39, 0.29) is 25.2 Å². The summed E-state index contributed by atoms with van der Waals surface area (Å²) >= 11 is 0. The predicted molar refractivity (Wildman–Crippen MR) is 260 cm³/mol. The lowest BCUT2D eigenvalue weighted by atomic mass is 10.1. The summed E-state index contributed by atoms with van der Waals surface area (Å²) in [7, 11) is 0. The minimum absolute atomic E-state index is 0.0513. The number of allylic oxidation sites excluding steroid dienone is 16. The van der Waals surface area contributed by atoms with Gasteiger partial charge in [-0.2, -0.15) is 0 Å². The van der Waals surface area contributed by atoms with Crippen LogP contribution in [0, 0.1) is 0 Å². The van der Waals surface area contributed by atoms with Gasteiger partial charge >= 0.3 is 11.9 Å². The maximum absolute atomic E-state index is 12.7. The van der Waals surface area contributed by atoms with Crippen molar-refractivity contribution in [3.05, 3.63) is 97.2 Å². The molecule has 5 heteroatoms. The van der Waals surface area contributed by atoms with Crippen LogP contribution in [0.5, 0.6) is 0 Å². The van der Waals surface area contributed by atoms with Crippen LogP contribution in [0.15, 0.2) is 97.2 Å². The van der Waals surface area contributed by atoms with Crippen molar-refractivity contribution >= 4 is 11.9 Å². The van der Waals surface area contributed by atoms with Gasteiger partial charge in [0.05, 0.1) is 6.61 Å². The smallest absolute Gasteiger partial charge is 0.306 e. The zero-order chi connectivity index (χ0) is 43.5. The quantitative estimate of drug-likeness (QED) is 0.0348. The van der Waals surface area contributed by atoms with Crippen LogP contribution in [0.25, 0.3) is 0 Å². The number of hydrogen-bond acceptors (Lipinski definition) is 5. The van der Waals surface area contributed by atoms with Crippen molar-refractivity contribution in [2.75, 3.05) is 19.8 Å². The maximum atomic E-state index is 12.7. The third kappa shape index (κ3) is 47.5. The molecule has 1 atom stereocenters. The maximum Gasteiger partial charge on any atom is 0.306 e. The molecule has 0 N–H and O–H groups in total. The van der Waals surface area contributed by atoms with Gasteiger partial charge in [-0.05, 0) is 96.3 Å². The molecule has 0 saturated heterocycles. The summed E-state index contributed by atoms with van der Waals surface area (Å²) in [5, 5.41) is 0. The zero-order valence-electron chi connectivity index (χ0n) is 39.2. The van der Waals surface area contributed by atoms with Gasteiger partial charge < -0.3 is 14.2 Å². The Bertz CT molecular complexity index is 1170. The lowest BCUT2D eigenvalue weighted by Gasteiger charge is -2.18. The van der Waals surface area contributed by atoms with Gasteiger partial charge in [0.1, 0.15) is 6.61 Å². The van der Waals surface area contributed by atoms with Crippen molar-refractivity contribution in [1.29, 1.82) is 0 Å². The van der Waals surface area contributed by atoms with E-state index in [1.807, 2.05) is 0 Å². The molecule has 0 rings (SSSR count). The number of carbonyl (C=O) groups excluding carboxylic acids is 2. The minimum Gasteiger partial charge on any atom is -0.462 e. The van der Waals surface area contributed by atoms with Crippen molar-refractivity contribution in [2.45, 2.75) is 219 Å². The number of ether oxygens (including phenoxy) is 3. The van der Waals surface area contributed by atoms with Crippen LogP contribution in [-0.2, 0) is 23.8 Å². The Morgan fingerprint density at radius 1 is 0.383 bits per heavy atom. The number of hydrogen-bond donors (Lipinski definition) is 0. The lowest BCUT2D eigenvalue weighted by molar-refractivity contribution is -0.163. The first kappa shape index (κ1) is 56.8. The summed E-state index contributed by atoms with van der Waals surface area (Å²) in [6, 6.07) is 0. The Balaban J connectivity index is 4.34.